The van der Waals surface area contributed by atoms with Crippen LogP contribution < -0.4 is 9.47 Å². The summed E-state index contributed by atoms with van der Waals surface area (Å²) in [6.07, 6.45) is 5.64. The lowest BCUT2D eigenvalue weighted by molar-refractivity contribution is -0.0712. The molecule has 0 unspecified atom stereocenters. The number of piperidine rings is 1. The first-order valence-electron chi connectivity index (χ1n) is 13.1. The monoisotopic (exact) mass is 543 g/mol. The molecule has 39 heavy (non-hydrogen) atoms. The van der Waals surface area contributed by atoms with Crippen LogP contribution in [0.1, 0.15) is 61.0 Å². The third-order valence-electron chi connectivity index (χ3n) is 8.06. The van der Waals surface area contributed by atoms with Gasteiger partial charge < -0.3 is 14.3 Å². The molecule has 0 bridgehead atoms. The van der Waals surface area contributed by atoms with Crippen LogP contribution in [0.3, 0.4) is 0 Å². The van der Waals surface area contributed by atoms with Crippen molar-refractivity contribution >= 4 is 17.4 Å². The molecule has 2 aromatic carbocycles. The quantitative estimate of drug-likeness (QED) is 0.322. The van der Waals surface area contributed by atoms with Gasteiger partial charge in [-0.25, -0.2) is 4.39 Å². The Hall–Kier alpha value is -3.72. The van der Waals surface area contributed by atoms with Gasteiger partial charge in [0, 0.05) is 30.5 Å². The molecule has 198 valence electrons. The Morgan fingerprint density at radius 1 is 1.21 bits per heavy atom. The van der Waals surface area contributed by atoms with Crippen molar-refractivity contribution in [2.75, 3.05) is 13.1 Å². The van der Waals surface area contributed by atoms with E-state index in [2.05, 4.69) is 31.8 Å². The first-order chi connectivity index (χ1) is 18.8. The second-order valence-corrected chi connectivity index (χ2v) is 11.2. The van der Waals surface area contributed by atoms with Crippen molar-refractivity contribution in [2.45, 2.75) is 57.3 Å². The van der Waals surface area contributed by atoms with E-state index in [9.17, 15) is 9.65 Å². The second kappa shape index (κ2) is 9.79. The summed E-state index contributed by atoms with van der Waals surface area (Å²) in [4.78, 5) is 14.9. The van der Waals surface area contributed by atoms with E-state index in [1.165, 1.54) is 12.3 Å². The molecule has 1 saturated heterocycles. The van der Waals surface area contributed by atoms with Crippen LogP contribution in [0.4, 0.5) is 10.2 Å². The van der Waals surface area contributed by atoms with Crippen LogP contribution in [0, 0.1) is 29.1 Å². The zero-order valence-electron chi connectivity index (χ0n) is 21.6. The predicted octanol–water partition coefficient (Wildman–Crippen LogP) is 6.69. The number of aromatic nitrogens is 2. The summed E-state index contributed by atoms with van der Waals surface area (Å²) in [5.74, 6) is 0.0669. The van der Waals surface area contributed by atoms with Crippen molar-refractivity contribution in [2.24, 2.45) is 5.41 Å². The smallest absolute Gasteiger partial charge is 0.288 e. The van der Waals surface area contributed by atoms with Crippen LogP contribution in [0.2, 0.25) is 5.02 Å². The molecule has 1 atom stereocenters. The number of para-hydroxylation sites is 1. The lowest BCUT2D eigenvalue weighted by atomic mass is 9.88. The Morgan fingerprint density at radius 2 is 2.00 bits per heavy atom. The number of likely N-dealkylation sites (tertiary alicyclic amines) is 1. The average Bonchev–Trinajstić information content (AvgIpc) is 3.61. The van der Waals surface area contributed by atoms with Gasteiger partial charge in [-0.3, -0.25) is 9.88 Å². The van der Waals surface area contributed by atoms with Crippen LogP contribution in [0.25, 0.3) is 4.85 Å². The normalized spacial score (nSPS) is 21.8. The summed E-state index contributed by atoms with van der Waals surface area (Å²) >= 11 is 5.95. The Balaban J connectivity index is 1.16. The molecule has 3 aliphatic rings. The van der Waals surface area contributed by atoms with E-state index in [1.807, 2.05) is 12.1 Å². The third kappa shape index (κ3) is 4.91. The summed E-state index contributed by atoms with van der Waals surface area (Å²) in [6.45, 7) is 11.4. The summed E-state index contributed by atoms with van der Waals surface area (Å²) < 4.78 is 27.2. The number of hydrogen-bond donors (Lipinski definition) is 0. The molecule has 7 nitrogen and oxygen atoms in total. The van der Waals surface area contributed by atoms with E-state index in [0.29, 0.717) is 35.1 Å². The molecule has 2 aliphatic heterocycles. The number of rotatable bonds is 6. The van der Waals surface area contributed by atoms with Crippen molar-refractivity contribution < 1.29 is 13.9 Å². The van der Waals surface area contributed by atoms with Crippen LogP contribution in [0.15, 0.2) is 42.6 Å². The molecule has 6 rings (SSSR count). The van der Waals surface area contributed by atoms with Crippen molar-refractivity contribution in [3.63, 3.8) is 0 Å². The zero-order valence-corrected chi connectivity index (χ0v) is 22.3. The van der Waals surface area contributed by atoms with Crippen LogP contribution in [0.5, 0.6) is 11.5 Å². The van der Waals surface area contributed by atoms with Crippen molar-refractivity contribution in [1.82, 2.24) is 14.9 Å². The maximum atomic E-state index is 14.7. The SMILES string of the molecule is [C-]#[N+]c1cnc(CN2CCC(c3cccc4c3O[C@@](C)(c3ccc(Cl)cc3F)O4)CC2)c(CC2(C#N)CC2)n1. The minimum absolute atomic E-state index is 0.264. The molecule has 2 fully saturated rings. The number of ether oxygens (including phenoxy) is 2. The molecule has 3 heterocycles. The fourth-order valence-electron chi connectivity index (χ4n) is 5.62. The van der Waals surface area contributed by atoms with E-state index in [1.54, 1.807) is 19.1 Å². The van der Waals surface area contributed by atoms with Crippen molar-refractivity contribution in [3.05, 3.63) is 87.4 Å². The topological polar surface area (TPSA) is 75.6 Å². The average molecular weight is 544 g/mol. The summed E-state index contributed by atoms with van der Waals surface area (Å²) in [6, 6.07) is 12.8. The lowest BCUT2D eigenvalue weighted by Crippen LogP contribution is -2.34. The summed E-state index contributed by atoms with van der Waals surface area (Å²) in [7, 11) is 0. The maximum absolute atomic E-state index is 14.7. The third-order valence-corrected chi connectivity index (χ3v) is 8.30. The number of benzene rings is 2. The molecule has 0 spiro atoms. The van der Waals surface area contributed by atoms with Gasteiger partial charge in [0.25, 0.3) is 11.6 Å². The van der Waals surface area contributed by atoms with Crippen LogP contribution in [-0.2, 0) is 18.8 Å². The molecule has 1 aliphatic carbocycles. The minimum Gasteiger partial charge on any atom is -0.444 e. The van der Waals surface area contributed by atoms with Gasteiger partial charge in [0.1, 0.15) is 5.82 Å². The van der Waals surface area contributed by atoms with Crippen molar-refractivity contribution in [3.8, 4) is 17.6 Å². The van der Waals surface area contributed by atoms with Crippen LogP contribution >= 0.6 is 11.6 Å². The number of halogens is 2. The van der Waals surface area contributed by atoms with E-state index in [-0.39, 0.29) is 17.2 Å². The Labute approximate surface area is 232 Å². The predicted molar refractivity (Wildman–Crippen MR) is 143 cm³/mol. The highest BCUT2D eigenvalue weighted by Crippen LogP contribution is 2.50. The van der Waals surface area contributed by atoms with Gasteiger partial charge in [0.2, 0.25) is 0 Å². The fourth-order valence-corrected chi connectivity index (χ4v) is 5.78. The van der Waals surface area contributed by atoms with Crippen LogP contribution in [-0.4, -0.2) is 28.0 Å². The molecule has 1 aromatic heterocycles. The van der Waals surface area contributed by atoms with Gasteiger partial charge in [0.15, 0.2) is 17.2 Å². The number of nitriles is 1. The van der Waals surface area contributed by atoms with Gasteiger partial charge in [0.05, 0.1) is 28.9 Å². The number of nitrogens with zero attached hydrogens (tertiary/aromatic N) is 5. The molecule has 0 amide bonds. The van der Waals surface area contributed by atoms with E-state index < -0.39 is 11.6 Å². The lowest BCUT2D eigenvalue weighted by Gasteiger charge is -2.32. The highest BCUT2D eigenvalue weighted by Gasteiger charge is 2.45. The van der Waals surface area contributed by atoms with E-state index in [4.69, 9.17) is 27.6 Å². The molecule has 3 aromatic rings. The highest BCUT2D eigenvalue weighted by molar-refractivity contribution is 6.30. The van der Waals surface area contributed by atoms with Gasteiger partial charge in [-0.2, -0.15) is 5.26 Å². The Morgan fingerprint density at radius 3 is 2.69 bits per heavy atom. The fraction of sp³-hybridized carbons (Fsp3) is 0.400. The molecule has 0 N–H and O–H groups in total. The first-order valence-corrected chi connectivity index (χ1v) is 13.5. The Kier molecular flexibility index (Phi) is 6.41. The first kappa shape index (κ1) is 25.6. The van der Waals surface area contributed by atoms with Gasteiger partial charge >= 0.3 is 0 Å². The van der Waals surface area contributed by atoms with E-state index in [0.717, 1.165) is 55.7 Å². The molecule has 1 saturated carbocycles. The summed E-state index contributed by atoms with van der Waals surface area (Å²) in [5, 5.41) is 9.89. The van der Waals surface area contributed by atoms with Gasteiger partial charge in [-0.1, -0.05) is 30.3 Å². The van der Waals surface area contributed by atoms with E-state index >= 15 is 0 Å². The maximum Gasteiger partial charge on any atom is 0.288 e. The molecule has 0 radical (unpaired) electrons. The molecular weight excluding hydrogens is 517 g/mol. The Bertz CT molecular complexity index is 1520. The molecular formula is C30H27ClFN5O2. The second-order valence-electron chi connectivity index (χ2n) is 10.8. The largest absolute Gasteiger partial charge is 0.444 e. The minimum atomic E-state index is -1.28. The van der Waals surface area contributed by atoms with Crippen molar-refractivity contribution in [1.29, 1.82) is 5.26 Å². The van der Waals surface area contributed by atoms with Gasteiger partial charge in [-0.15, -0.1) is 4.98 Å². The summed E-state index contributed by atoms with van der Waals surface area (Å²) in [5.41, 5.74) is 2.63. The standard InChI is InChI=1S/C30H27ClFN5O2/c1-29(22-7-6-20(31)14-23(22)32)38-26-5-3-4-21(28(26)39-29)19-8-12-37(13-9-19)17-25-24(15-30(18-33)10-11-30)36-27(34-2)16-35-25/h3-7,14,16,19H,8-13,15,17H2,1H3/t29-/m0/s1. The van der Waals surface area contributed by atoms with Gasteiger partial charge in [-0.05, 0) is 69.0 Å². The number of hydrogen-bond acceptors (Lipinski definition) is 6. The zero-order chi connectivity index (χ0) is 27.2. The highest BCUT2D eigenvalue weighted by atomic mass is 35.5. The molecule has 9 heteroatoms. The number of fused-ring (bicyclic) bond motifs is 1.